The molecule has 0 aromatic heterocycles. The molecule has 0 saturated heterocycles. The second-order valence-corrected chi connectivity index (χ2v) is 3.62. The van der Waals surface area contributed by atoms with E-state index in [1.54, 1.807) is 0 Å². The van der Waals surface area contributed by atoms with Gasteiger partial charge in [-0.05, 0) is 26.7 Å². The Balaban J connectivity index is 3.88. The fourth-order valence-corrected chi connectivity index (χ4v) is 1.29. The van der Waals surface area contributed by atoms with Crippen LogP contribution in [0.2, 0.25) is 0 Å². The molecule has 0 saturated carbocycles. The van der Waals surface area contributed by atoms with Crippen LogP contribution in [-0.2, 0) is 9.59 Å². The molecule has 0 spiro atoms. The lowest BCUT2D eigenvalue weighted by Crippen LogP contribution is -2.18. The molecule has 0 amide bonds. The Bertz CT molecular complexity index is 202. The predicted octanol–water partition coefficient (Wildman–Crippen LogP) is 2.92. The quantitative estimate of drug-likeness (QED) is 0.356. The maximum Gasteiger partial charge on any atom is 0.140 e. The van der Waals surface area contributed by atoms with Crippen molar-refractivity contribution in [1.82, 2.24) is 0 Å². The number of carbonyl (C=O) groups excluding carboxylic acids is 2. The van der Waals surface area contributed by atoms with Crippen molar-refractivity contribution in [3.63, 3.8) is 0 Å². The van der Waals surface area contributed by atoms with Crippen molar-refractivity contribution in [2.24, 2.45) is 5.92 Å². The first kappa shape index (κ1) is 13.1. The summed E-state index contributed by atoms with van der Waals surface area (Å²) in [5, 5.41) is 0. The Labute approximate surface area is 86.4 Å². The molecule has 2 nitrogen and oxygen atoms in total. The van der Waals surface area contributed by atoms with Gasteiger partial charge in [-0.2, -0.15) is 0 Å². The summed E-state index contributed by atoms with van der Waals surface area (Å²) >= 11 is 0. The van der Waals surface area contributed by atoms with E-state index in [4.69, 9.17) is 0 Å². The second-order valence-electron chi connectivity index (χ2n) is 3.62. The normalized spacial score (nSPS) is 11.1. The average Bonchev–Trinajstić information content (AvgIpc) is 2.09. The average molecular weight is 196 g/mol. The van der Waals surface area contributed by atoms with Gasteiger partial charge in [0.05, 0.1) is 5.92 Å². The maximum absolute atomic E-state index is 11.1. The van der Waals surface area contributed by atoms with Crippen LogP contribution in [0.15, 0.2) is 12.2 Å². The molecule has 0 atom stereocenters. The fraction of sp³-hybridized carbons (Fsp3) is 0.667. The van der Waals surface area contributed by atoms with E-state index in [1.807, 2.05) is 6.08 Å². The summed E-state index contributed by atoms with van der Waals surface area (Å²) in [6.07, 6.45) is 7.95. The molecule has 0 bridgehead atoms. The van der Waals surface area contributed by atoms with Gasteiger partial charge in [-0.25, -0.2) is 0 Å². The third-order valence-electron chi connectivity index (χ3n) is 2.24. The molecule has 0 rings (SSSR count). The zero-order valence-corrected chi connectivity index (χ0v) is 9.38. The number of hydrogen-bond acceptors (Lipinski definition) is 2. The van der Waals surface area contributed by atoms with Gasteiger partial charge in [0, 0.05) is 0 Å². The summed E-state index contributed by atoms with van der Waals surface area (Å²) in [6, 6.07) is 0. The summed E-state index contributed by atoms with van der Waals surface area (Å²) in [5.41, 5.74) is 0. The lowest BCUT2D eigenvalue weighted by atomic mass is 9.97. The predicted molar refractivity (Wildman–Crippen MR) is 58.1 cm³/mol. The minimum absolute atomic E-state index is 0.0300. The van der Waals surface area contributed by atoms with Crippen molar-refractivity contribution >= 4 is 11.6 Å². The first-order chi connectivity index (χ1) is 6.59. The molecule has 0 aliphatic carbocycles. The van der Waals surface area contributed by atoms with Crippen LogP contribution in [0.3, 0.4) is 0 Å². The van der Waals surface area contributed by atoms with E-state index < -0.39 is 5.92 Å². The summed E-state index contributed by atoms with van der Waals surface area (Å²) in [7, 11) is 0. The van der Waals surface area contributed by atoms with Crippen LogP contribution < -0.4 is 0 Å². The highest BCUT2D eigenvalue weighted by Crippen LogP contribution is 2.08. The van der Waals surface area contributed by atoms with E-state index in [0.29, 0.717) is 6.42 Å². The zero-order chi connectivity index (χ0) is 11.0. The lowest BCUT2D eigenvalue weighted by molar-refractivity contribution is -0.130. The van der Waals surface area contributed by atoms with Crippen molar-refractivity contribution < 1.29 is 9.59 Å². The molecule has 0 radical (unpaired) electrons. The first-order valence-corrected chi connectivity index (χ1v) is 5.25. The highest BCUT2D eigenvalue weighted by Gasteiger charge is 2.16. The van der Waals surface area contributed by atoms with Crippen LogP contribution in [0.1, 0.15) is 46.5 Å². The van der Waals surface area contributed by atoms with Crippen molar-refractivity contribution in [1.29, 1.82) is 0 Å². The van der Waals surface area contributed by atoms with Crippen LogP contribution in [0.5, 0.6) is 0 Å². The van der Waals surface area contributed by atoms with E-state index >= 15 is 0 Å². The SMILES string of the molecule is CCCC/C=C/CC(C(C)=O)C(C)=O. The zero-order valence-electron chi connectivity index (χ0n) is 9.38. The van der Waals surface area contributed by atoms with Gasteiger partial charge in [0.15, 0.2) is 0 Å². The monoisotopic (exact) mass is 196 g/mol. The lowest BCUT2D eigenvalue weighted by Gasteiger charge is -2.05. The molecule has 0 aromatic carbocycles. The number of Topliss-reactive ketones (excluding diaryl/α,β-unsaturated/α-hetero) is 2. The Kier molecular flexibility index (Phi) is 6.99. The Hall–Kier alpha value is -0.920. The van der Waals surface area contributed by atoms with Gasteiger partial charge >= 0.3 is 0 Å². The van der Waals surface area contributed by atoms with Gasteiger partial charge in [0.25, 0.3) is 0 Å². The van der Waals surface area contributed by atoms with Crippen LogP contribution in [0, 0.1) is 5.92 Å². The van der Waals surface area contributed by atoms with Gasteiger partial charge < -0.3 is 0 Å². The summed E-state index contributed by atoms with van der Waals surface area (Å²) < 4.78 is 0. The third-order valence-corrected chi connectivity index (χ3v) is 2.24. The third kappa shape index (κ3) is 5.68. The van der Waals surface area contributed by atoms with E-state index in [2.05, 4.69) is 13.0 Å². The highest BCUT2D eigenvalue weighted by molar-refractivity contribution is 6.00. The van der Waals surface area contributed by atoms with Gasteiger partial charge in [-0.15, -0.1) is 0 Å². The molecule has 0 aliphatic rings. The van der Waals surface area contributed by atoms with Crippen LogP contribution in [-0.4, -0.2) is 11.6 Å². The van der Waals surface area contributed by atoms with Gasteiger partial charge in [-0.3, -0.25) is 9.59 Å². The smallest absolute Gasteiger partial charge is 0.140 e. The molecular formula is C12H20O2. The largest absolute Gasteiger partial charge is 0.299 e. The summed E-state index contributed by atoms with van der Waals surface area (Å²) in [6.45, 7) is 5.10. The molecule has 0 aliphatic heterocycles. The Morgan fingerprint density at radius 1 is 1.14 bits per heavy atom. The molecule has 0 heterocycles. The van der Waals surface area contributed by atoms with E-state index in [1.165, 1.54) is 26.7 Å². The molecular weight excluding hydrogens is 176 g/mol. The molecule has 0 unspecified atom stereocenters. The number of carbonyl (C=O) groups is 2. The molecule has 14 heavy (non-hydrogen) atoms. The minimum atomic E-state index is -0.423. The fourth-order valence-electron chi connectivity index (χ4n) is 1.29. The molecule has 2 heteroatoms. The van der Waals surface area contributed by atoms with Gasteiger partial charge in [-0.1, -0.05) is 31.9 Å². The van der Waals surface area contributed by atoms with Crippen LogP contribution in [0.25, 0.3) is 0 Å². The number of unbranched alkanes of at least 4 members (excludes halogenated alkanes) is 2. The number of ketones is 2. The first-order valence-electron chi connectivity index (χ1n) is 5.25. The van der Waals surface area contributed by atoms with E-state index in [0.717, 1.165) is 6.42 Å². The van der Waals surface area contributed by atoms with Gasteiger partial charge in [0.2, 0.25) is 0 Å². The highest BCUT2D eigenvalue weighted by atomic mass is 16.1. The van der Waals surface area contributed by atoms with Gasteiger partial charge in [0.1, 0.15) is 11.6 Å². The van der Waals surface area contributed by atoms with Crippen LogP contribution >= 0.6 is 0 Å². The van der Waals surface area contributed by atoms with Crippen molar-refractivity contribution in [2.75, 3.05) is 0 Å². The summed E-state index contributed by atoms with van der Waals surface area (Å²) in [5.74, 6) is -0.483. The molecule has 0 aromatic rings. The Morgan fingerprint density at radius 2 is 1.71 bits per heavy atom. The van der Waals surface area contributed by atoms with Crippen molar-refractivity contribution in [2.45, 2.75) is 46.5 Å². The number of rotatable bonds is 7. The van der Waals surface area contributed by atoms with Crippen molar-refractivity contribution in [3.8, 4) is 0 Å². The molecule has 0 fully saturated rings. The topological polar surface area (TPSA) is 34.1 Å². The molecule has 80 valence electrons. The second kappa shape index (κ2) is 7.48. The maximum atomic E-state index is 11.1. The standard InChI is InChI=1S/C12H20O2/c1-4-5-6-7-8-9-12(10(2)13)11(3)14/h7-8,12H,4-6,9H2,1-3H3/b8-7+. The van der Waals surface area contributed by atoms with Crippen molar-refractivity contribution in [3.05, 3.63) is 12.2 Å². The minimum Gasteiger partial charge on any atom is -0.299 e. The summed E-state index contributed by atoms with van der Waals surface area (Å²) in [4.78, 5) is 22.1. The Morgan fingerprint density at radius 3 is 2.14 bits per heavy atom. The van der Waals surface area contributed by atoms with E-state index in [-0.39, 0.29) is 11.6 Å². The van der Waals surface area contributed by atoms with Crippen LogP contribution in [0.4, 0.5) is 0 Å². The number of hydrogen-bond donors (Lipinski definition) is 0. The number of allylic oxidation sites excluding steroid dienone is 2. The molecule has 0 N–H and O–H groups in total. The van der Waals surface area contributed by atoms with E-state index in [9.17, 15) is 9.59 Å².